The number of esters is 1. The summed E-state index contributed by atoms with van der Waals surface area (Å²) in [6.07, 6.45) is 3.80. The summed E-state index contributed by atoms with van der Waals surface area (Å²) in [5.41, 5.74) is 1.84. The van der Waals surface area contributed by atoms with Crippen LogP contribution in [-0.4, -0.2) is 26.2 Å². The molecule has 0 radical (unpaired) electrons. The van der Waals surface area contributed by atoms with E-state index in [0.29, 0.717) is 5.56 Å². The van der Waals surface area contributed by atoms with Gasteiger partial charge in [0.2, 0.25) is 0 Å². The number of carbonyl (C=O) groups excluding carboxylic acids is 1. The number of hydrogen-bond donors (Lipinski definition) is 0. The average molecular weight is 269 g/mol. The molecule has 0 aliphatic carbocycles. The number of carbonyl (C=O) groups is 1. The molecule has 0 unspecified atom stereocenters. The molecular formula is C17H19NO2. The van der Waals surface area contributed by atoms with Crippen LogP contribution in [0.25, 0.3) is 10.8 Å². The summed E-state index contributed by atoms with van der Waals surface area (Å²) in [4.78, 5) is 14.1. The Labute approximate surface area is 119 Å². The molecule has 0 saturated carbocycles. The van der Waals surface area contributed by atoms with Crippen LogP contribution in [0.4, 0.5) is 5.69 Å². The highest BCUT2D eigenvalue weighted by Gasteiger charge is 2.14. The number of piperidine rings is 1. The maximum absolute atomic E-state index is 11.7. The zero-order valence-corrected chi connectivity index (χ0v) is 11.8. The maximum Gasteiger partial charge on any atom is 0.337 e. The number of methoxy groups -OCH3 is 1. The predicted molar refractivity (Wildman–Crippen MR) is 81.4 cm³/mol. The van der Waals surface area contributed by atoms with Gasteiger partial charge >= 0.3 is 5.97 Å². The summed E-state index contributed by atoms with van der Waals surface area (Å²) in [6, 6.07) is 12.1. The molecule has 0 aromatic heterocycles. The van der Waals surface area contributed by atoms with E-state index < -0.39 is 0 Å². The lowest BCUT2D eigenvalue weighted by atomic mass is 10.0. The number of anilines is 1. The lowest BCUT2D eigenvalue weighted by Crippen LogP contribution is -2.29. The van der Waals surface area contributed by atoms with E-state index in [4.69, 9.17) is 4.74 Å². The Balaban J connectivity index is 2.08. The molecule has 0 amide bonds. The van der Waals surface area contributed by atoms with Crippen LogP contribution in [0, 0.1) is 0 Å². The number of hydrogen-bond acceptors (Lipinski definition) is 3. The highest BCUT2D eigenvalue weighted by atomic mass is 16.5. The number of fused-ring (bicyclic) bond motifs is 1. The smallest absolute Gasteiger partial charge is 0.337 e. The normalized spacial score (nSPS) is 15.3. The summed E-state index contributed by atoms with van der Waals surface area (Å²) in [6.45, 7) is 2.20. The fourth-order valence-corrected chi connectivity index (χ4v) is 2.91. The number of ether oxygens (including phenoxy) is 1. The molecule has 3 nitrogen and oxygen atoms in total. The minimum atomic E-state index is -0.277. The van der Waals surface area contributed by atoms with Crippen LogP contribution < -0.4 is 4.90 Å². The lowest BCUT2D eigenvalue weighted by Gasteiger charge is -2.30. The Hall–Kier alpha value is -2.03. The van der Waals surface area contributed by atoms with E-state index >= 15 is 0 Å². The topological polar surface area (TPSA) is 29.5 Å². The molecule has 0 spiro atoms. The molecule has 2 aromatic carbocycles. The second-order valence-corrected chi connectivity index (χ2v) is 5.25. The van der Waals surface area contributed by atoms with Gasteiger partial charge in [-0.2, -0.15) is 0 Å². The molecule has 0 bridgehead atoms. The highest BCUT2D eigenvalue weighted by Crippen LogP contribution is 2.30. The van der Waals surface area contributed by atoms with Crippen molar-refractivity contribution in [3.63, 3.8) is 0 Å². The van der Waals surface area contributed by atoms with Crippen molar-refractivity contribution in [1.29, 1.82) is 0 Å². The first-order chi connectivity index (χ1) is 9.79. The Morgan fingerprint density at radius 1 is 1.10 bits per heavy atom. The van der Waals surface area contributed by atoms with E-state index in [1.807, 2.05) is 18.2 Å². The van der Waals surface area contributed by atoms with E-state index in [0.717, 1.165) is 18.5 Å². The first-order valence-electron chi connectivity index (χ1n) is 7.15. The summed E-state index contributed by atoms with van der Waals surface area (Å²) in [5.74, 6) is -0.277. The standard InChI is InChI=1S/C17H19NO2/c1-20-17(19)14-9-8-13-6-5-7-16(15(13)12-14)18-10-3-2-4-11-18/h5-9,12H,2-4,10-11H2,1H3. The first kappa shape index (κ1) is 13.0. The molecule has 1 aliphatic heterocycles. The van der Waals surface area contributed by atoms with Crippen molar-refractivity contribution in [2.24, 2.45) is 0 Å². The SMILES string of the molecule is COC(=O)c1ccc2cccc(N3CCCCC3)c2c1. The molecule has 0 atom stereocenters. The third-order valence-electron chi connectivity index (χ3n) is 3.98. The minimum Gasteiger partial charge on any atom is -0.465 e. The molecular weight excluding hydrogens is 250 g/mol. The molecule has 104 valence electrons. The second-order valence-electron chi connectivity index (χ2n) is 5.25. The fraction of sp³-hybridized carbons (Fsp3) is 0.353. The molecule has 3 rings (SSSR count). The van der Waals surface area contributed by atoms with Crippen LogP contribution >= 0.6 is 0 Å². The highest BCUT2D eigenvalue weighted by molar-refractivity contribution is 6.00. The van der Waals surface area contributed by atoms with Gasteiger partial charge in [0.25, 0.3) is 0 Å². The fourth-order valence-electron chi connectivity index (χ4n) is 2.91. The van der Waals surface area contributed by atoms with Gasteiger partial charge in [0.05, 0.1) is 12.7 Å². The van der Waals surface area contributed by atoms with Crippen molar-refractivity contribution in [3.8, 4) is 0 Å². The van der Waals surface area contributed by atoms with Crippen LogP contribution in [0.15, 0.2) is 36.4 Å². The summed E-state index contributed by atoms with van der Waals surface area (Å²) in [7, 11) is 1.42. The Morgan fingerprint density at radius 2 is 1.90 bits per heavy atom. The van der Waals surface area contributed by atoms with Crippen molar-refractivity contribution in [2.75, 3.05) is 25.1 Å². The minimum absolute atomic E-state index is 0.277. The monoisotopic (exact) mass is 269 g/mol. The number of rotatable bonds is 2. The largest absolute Gasteiger partial charge is 0.465 e. The zero-order chi connectivity index (χ0) is 13.9. The lowest BCUT2D eigenvalue weighted by molar-refractivity contribution is 0.0601. The van der Waals surface area contributed by atoms with Crippen LogP contribution in [-0.2, 0) is 4.74 Å². The van der Waals surface area contributed by atoms with Gasteiger partial charge in [0.1, 0.15) is 0 Å². The quantitative estimate of drug-likeness (QED) is 0.780. The van der Waals surface area contributed by atoms with Crippen molar-refractivity contribution < 1.29 is 9.53 Å². The van der Waals surface area contributed by atoms with Crippen LogP contribution in [0.5, 0.6) is 0 Å². The predicted octanol–water partition coefficient (Wildman–Crippen LogP) is 3.62. The van der Waals surface area contributed by atoms with Gasteiger partial charge in [-0.15, -0.1) is 0 Å². The van der Waals surface area contributed by atoms with E-state index in [1.54, 1.807) is 0 Å². The van der Waals surface area contributed by atoms with E-state index in [2.05, 4.69) is 23.1 Å². The van der Waals surface area contributed by atoms with Crippen molar-refractivity contribution >= 4 is 22.4 Å². The average Bonchev–Trinajstić information content (AvgIpc) is 2.54. The van der Waals surface area contributed by atoms with Gasteiger partial charge in [-0.25, -0.2) is 4.79 Å². The van der Waals surface area contributed by atoms with Crippen LogP contribution in [0.2, 0.25) is 0 Å². The summed E-state index contributed by atoms with van der Waals surface area (Å²) in [5, 5.41) is 2.30. The first-order valence-corrected chi connectivity index (χ1v) is 7.15. The van der Waals surface area contributed by atoms with Crippen molar-refractivity contribution in [3.05, 3.63) is 42.0 Å². The number of nitrogens with zero attached hydrogens (tertiary/aromatic N) is 1. The molecule has 2 aromatic rings. The summed E-state index contributed by atoms with van der Waals surface area (Å²) < 4.78 is 4.82. The van der Waals surface area contributed by atoms with Gasteiger partial charge in [-0.05, 0) is 42.8 Å². The molecule has 20 heavy (non-hydrogen) atoms. The van der Waals surface area contributed by atoms with Gasteiger partial charge in [-0.1, -0.05) is 18.2 Å². The molecule has 1 heterocycles. The molecule has 1 fully saturated rings. The van der Waals surface area contributed by atoms with Crippen LogP contribution in [0.3, 0.4) is 0 Å². The molecule has 1 saturated heterocycles. The van der Waals surface area contributed by atoms with Gasteiger partial charge in [0.15, 0.2) is 0 Å². The summed E-state index contributed by atoms with van der Waals surface area (Å²) >= 11 is 0. The Kier molecular flexibility index (Phi) is 3.59. The Bertz CT molecular complexity index is 630. The van der Waals surface area contributed by atoms with E-state index in [-0.39, 0.29) is 5.97 Å². The maximum atomic E-state index is 11.7. The number of benzene rings is 2. The van der Waals surface area contributed by atoms with Gasteiger partial charge in [0, 0.05) is 24.2 Å². The van der Waals surface area contributed by atoms with Gasteiger partial charge in [-0.3, -0.25) is 0 Å². The molecule has 0 N–H and O–H groups in total. The molecule has 3 heteroatoms. The Morgan fingerprint density at radius 3 is 2.65 bits per heavy atom. The third-order valence-corrected chi connectivity index (χ3v) is 3.98. The third kappa shape index (κ3) is 2.36. The second kappa shape index (κ2) is 5.53. The van der Waals surface area contributed by atoms with Gasteiger partial charge < -0.3 is 9.64 Å². The van der Waals surface area contributed by atoms with E-state index in [1.165, 1.54) is 37.4 Å². The van der Waals surface area contributed by atoms with Crippen molar-refractivity contribution in [2.45, 2.75) is 19.3 Å². The van der Waals surface area contributed by atoms with E-state index in [9.17, 15) is 4.79 Å². The molecule has 1 aliphatic rings. The van der Waals surface area contributed by atoms with Crippen LogP contribution in [0.1, 0.15) is 29.6 Å². The zero-order valence-electron chi connectivity index (χ0n) is 11.8. The van der Waals surface area contributed by atoms with Crippen molar-refractivity contribution in [1.82, 2.24) is 0 Å².